The maximum absolute atomic E-state index is 6.06. The van der Waals surface area contributed by atoms with E-state index in [0.717, 1.165) is 18.8 Å². The van der Waals surface area contributed by atoms with Crippen molar-refractivity contribution in [2.45, 2.75) is 63.8 Å². The highest BCUT2D eigenvalue weighted by Crippen LogP contribution is 2.40. The molecule has 1 aliphatic heterocycles. The van der Waals surface area contributed by atoms with Crippen LogP contribution in [0.25, 0.3) is 0 Å². The summed E-state index contributed by atoms with van der Waals surface area (Å²) in [6.07, 6.45) is 10.1. The predicted molar refractivity (Wildman–Crippen MR) is 127 cm³/mol. The van der Waals surface area contributed by atoms with Gasteiger partial charge in [0.1, 0.15) is 5.75 Å². The normalized spacial score (nSPS) is 21.0. The minimum atomic E-state index is 0. The molecule has 0 amide bonds. The summed E-state index contributed by atoms with van der Waals surface area (Å²) in [6.45, 7) is 5.62. The Bertz CT molecular complexity index is 750. The Labute approximate surface area is 188 Å². The van der Waals surface area contributed by atoms with Crippen LogP contribution in [0.4, 0.5) is 0 Å². The van der Waals surface area contributed by atoms with Crippen LogP contribution < -0.4 is 4.74 Å². The van der Waals surface area contributed by atoms with Crippen LogP contribution in [0.5, 0.6) is 5.75 Å². The van der Waals surface area contributed by atoms with E-state index in [-0.39, 0.29) is 24.8 Å². The molecule has 4 heteroatoms. The number of halogens is 2. The Balaban J connectivity index is 0.00000150. The number of benzene rings is 2. The van der Waals surface area contributed by atoms with Crippen LogP contribution in [-0.4, -0.2) is 30.1 Å². The summed E-state index contributed by atoms with van der Waals surface area (Å²) in [6, 6.07) is 17.4. The maximum Gasteiger partial charge on any atom is 0.119 e. The quantitative estimate of drug-likeness (QED) is 0.529. The summed E-state index contributed by atoms with van der Waals surface area (Å²) < 4.78 is 6.06. The number of aryl methyl sites for hydroxylation is 1. The Morgan fingerprint density at radius 3 is 2.59 bits per heavy atom. The van der Waals surface area contributed by atoms with Gasteiger partial charge in [0.25, 0.3) is 0 Å². The van der Waals surface area contributed by atoms with Gasteiger partial charge in [-0.05, 0) is 80.4 Å². The average Bonchev–Trinajstić information content (AvgIpc) is 2.71. The zero-order valence-corrected chi connectivity index (χ0v) is 19.2. The smallest absolute Gasteiger partial charge is 0.119 e. The molecule has 1 atom stereocenters. The lowest BCUT2D eigenvalue weighted by molar-refractivity contribution is 0.0340. The lowest BCUT2D eigenvalue weighted by Gasteiger charge is -2.50. The van der Waals surface area contributed by atoms with E-state index >= 15 is 0 Å². The SMILES string of the molecule is CCCN1CCCCC12CCc1cc(OCCc3ccccc3)ccc1C2.Cl.Cl. The van der Waals surface area contributed by atoms with Crippen LogP contribution in [0, 0.1) is 0 Å². The zero-order chi connectivity index (χ0) is 18.5. The number of nitrogens with zero attached hydrogens (tertiary/aromatic N) is 1. The van der Waals surface area contributed by atoms with Crippen LogP contribution in [0.3, 0.4) is 0 Å². The van der Waals surface area contributed by atoms with Crippen molar-refractivity contribution in [1.29, 1.82) is 0 Å². The van der Waals surface area contributed by atoms with Crippen molar-refractivity contribution < 1.29 is 4.74 Å². The molecule has 2 aromatic rings. The Kier molecular flexibility index (Phi) is 9.33. The monoisotopic (exact) mass is 435 g/mol. The number of rotatable bonds is 6. The first-order chi connectivity index (χ1) is 13.3. The minimum absolute atomic E-state index is 0. The second-order valence-corrected chi connectivity index (χ2v) is 8.36. The van der Waals surface area contributed by atoms with Crippen LogP contribution in [0.15, 0.2) is 48.5 Å². The van der Waals surface area contributed by atoms with Crippen molar-refractivity contribution in [2.75, 3.05) is 19.7 Å². The fourth-order valence-electron chi connectivity index (χ4n) is 5.09. The first kappa shape index (κ1) is 24.1. The van der Waals surface area contributed by atoms with Gasteiger partial charge in [-0.1, -0.05) is 49.7 Å². The molecule has 2 aliphatic rings. The van der Waals surface area contributed by atoms with Gasteiger partial charge >= 0.3 is 0 Å². The van der Waals surface area contributed by atoms with Gasteiger partial charge in [0.05, 0.1) is 6.61 Å². The molecular weight excluding hydrogens is 401 g/mol. The van der Waals surface area contributed by atoms with Crippen LogP contribution in [0.2, 0.25) is 0 Å². The summed E-state index contributed by atoms with van der Waals surface area (Å²) >= 11 is 0. The fraction of sp³-hybridized carbons (Fsp3) is 0.520. The standard InChI is InChI=1S/C25H33NO.2ClH/c1-2-16-26-17-7-6-14-25(26)15-12-22-19-24(11-10-23(22)20-25)27-18-13-21-8-4-3-5-9-21;;/h3-5,8-11,19H,2,6-7,12-18,20H2,1H3;2*1H. The summed E-state index contributed by atoms with van der Waals surface area (Å²) in [5, 5.41) is 0. The molecule has 29 heavy (non-hydrogen) atoms. The molecule has 160 valence electrons. The van der Waals surface area contributed by atoms with E-state index in [4.69, 9.17) is 4.74 Å². The molecule has 4 rings (SSSR count). The highest BCUT2D eigenvalue weighted by Gasteiger charge is 2.40. The second-order valence-electron chi connectivity index (χ2n) is 8.36. The summed E-state index contributed by atoms with van der Waals surface area (Å²) in [4.78, 5) is 2.81. The van der Waals surface area contributed by atoms with Crippen molar-refractivity contribution in [3.8, 4) is 5.75 Å². The molecule has 1 saturated heterocycles. The van der Waals surface area contributed by atoms with E-state index in [2.05, 4.69) is 60.4 Å². The molecule has 1 spiro atoms. The molecule has 0 bridgehead atoms. The molecule has 2 aromatic carbocycles. The van der Waals surface area contributed by atoms with Gasteiger partial charge < -0.3 is 4.74 Å². The molecule has 1 heterocycles. The second kappa shape index (κ2) is 11.2. The van der Waals surface area contributed by atoms with Gasteiger partial charge in [-0.3, -0.25) is 4.90 Å². The van der Waals surface area contributed by atoms with Gasteiger partial charge in [0.2, 0.25) is 0 Å². The van der Waals surface area contributed by atoms with Gasteiger partial charge in [0.15, 0.2) is 0 Å². The molecule has 2 nitrogen and oxygen atoms in total. The third kappa shape index (κ3) is 5.69. The zero-order valence-electron chi connectivity index (χ0n) is 17.6. The van der Waals surface area contributed by atoms with E-state index in [1.165, 1.54) is 69.2 Å². The summed E-state index contributed by atoms with van der Waals surface area (Å²) in [5.74, 6) is 1.04. The van der Waals surface area contributed by atoms with E-state index in [1.54, 1.807) is 5.56 Å². The third-order valence-corrected chi connectivity index (χ3v) is 6.54. The lowest BCUT2D eigenvalue weighted by atomic mass is 9.72. The number of ether oxygens (including phenoxy) is 1. The number of piperidine rings is 1. The Morgan fingerprint density at radius 2 is 1.79 bits per heavy atom. The predicted octanol–water partition coefficient (Wildman–Crippen LogP) is 6.28. The molecular formula is C25H35Cl2NO. The van der Waals surface area contributed by atoms with Crippen LogP contribution in [0.1, 0.15) is 55.7 Å². The highest BCUT2D eigenvalue weighted by molar-refractivity contribution is 5.85. The summed E-state index contributed by atoms with van der Waals surface area (Å²) in [7, 11) is 0. The van der Waals surface area contributed by atoms with Gasteiger partial charge in [-0.25, -0.2) is 0 Å². The highest BCUT2D eigenvalue weighted by atomic mass is 35.5. The van der Waals surface area contributed by atoms with Crippen molar-refractivity contribution in [2.24, 2.45) is 0 Å². The molecule has 0 N–H and O–H groups in total. The first-order valence-corrected chi connectivity index (χ1v) is 10.8. The first-order valence-electron chi connectivity index (χ1n) is 10.8. The van der Waals surface area contributed by atoms with Crippen molar-refractivity contribution >= 4 is 24.8 Å². The van der Waals surface area contributed by atoms with Crippen molar-refractivity contribution in [1.82, 2.24) is 4.90 Å². The average molecular weight is 436 g/mol. The lowest BCUT2D eigenvalue weighted by Crippen LogP contribution is -2.55. The maximum atomic E-state index is 6.06. The third-order valence-electron chi connectivity index (χ3n) is 6.54. The largest absolute Gasteiger partial charge is 0.493 e. The minimum Gasteiger partial charge on any atom is -0.493 e. The molecule has 1 fully saturated rings. The Hall–Kier alpha value is -1.22. The molecule has 0 radical (unpaired) electrons. The Morgan fingerprint density at radius 1 is 0.966 bits per heavy atom. The van der Waals surface area contributed by atoms with E-state index < -0.39 is 0 Å². The van der Waals surface area contributed by atoms with Gasteiger partial charge in [-0.15, -0.1) is 24.8 Å². The molecule has 0 saturated carbocycles. The topological polar surface area (TPSA) is 12.5 Å². The van der Waals surface area contributed by atoms with Crippen molar-refractivity contribution in [3.63, 3.8) is 0 Å². The number of hydrogen-bond acceptors (Lipinski definition) is 2. The van der Waals surface area contributed by atoms with E-state index in [1.807, 2.05) is 0 Å². The van der Waals surface area contributed by atoms with Gasteiger partial charge in [-0.2, -0.15) is 0 Å². The fourth-order valence-corrected chi connectivity index (χ4v) is 5.09. The van der Waals surface area contributed by atoms with E-state index in [0.29, 0.717) is 5.54 Å². The molecule has 1 unspecified atom stereocenters. The number of fused-ring (bicyclic) bond motifs is 1. The summed E-state index contributed by atoms with van der Waals surface area (Å²) in [5.41, 5.74) is 4.84. The van der Waals surface area contributed by atoms with E-state index in [9.17, 15) is 0 Å². The van der Waals surface area contributed by atoms with Crippen LogP contribution >= 0.6 is 24.8 Å². The molecule has 1 aliphatic carbocycles. The number of hydrogen-bond donors (Lipinski definition) is 0. The van der Waals surface area contributed by atoms with Crippen molar-refractivity contribution in [3.05, 3.63) is 65.2 Å². The molecule has 0 aromatic heterocycles. The van der Waals surface area contributed by atoms with Gasteiger partial charge in [0, 0.05) is 12.0 Å². The van der Waals surface area contributed by atoms with Crippen LogP contribution in [-0.2, 0) is 19.3 Å². The number of likely N-dealkylation sites (tertiary alicyclic amines) is 1.